The minimum absolute atomic E-state index is 0.0619. The van der Waals surface area contributed by atoms with Gasteiger partial charge in [0.15, 0.2) is 0 Å². The Bertz CT molecular complexity index is 560. The van der Waals surface area contributed by atoms with Gasteiger partial charge in [0.2, 0.25) is 0 Å². The van der Waals surface area contributed by atoms with Crippen molar-refractivity contribution in [2.24, 2.45) is 0 Å². The van der Waals surface area contributed by atoms with E-state index in [9.17, 15) is 5.11 Å². The molecule has 0 aliphatic rings. The van der Waals surface area contributed by atoms with Crippen molar-refractivity contribution in [3.05, 3.63) is 69.7 Å². The van der Waals surface area contributed by atoms with Crippen LogP contribution in [0, 0.1) is 0 Å². The lowest BCUT2D eigenvalue weighted by molar-refractivity contribution is -0.709. The van der Waals surface area contributed by atoms with Crippen LogP contribution in [0.1, 0.15) is 24.2 Å². The van der Waals surface area contributed by atoms with E-state index in [2.05, 4.69) is 5.32 Å². The molecule has 2 aromatic carbocycles. The van der Waals surface area contributed by atoms with Crippen LogP contribution in [0.5, 0.6) is 0 Å². The van der Waals surface area contributed by atoms with E-state index < -0.39 is 6.10 Å². The number of benzene rings is 2. The molecule has 3 N–H and O–H groups in total. The van der Waals surface area contributed by atoms with Crippen molar-refractivity contribution in [1.29, 1.82) is 0 Å². The van der Waals surface area contributed by atoms with Crippen LogP contribution in [-0.4, -0.2) is 11.1 Å². The summed E-state index contributed by atoms with van der Waals surface area (Å²) in [7, 11) is 0. The highest BCUT2D eigenvalue weighted by molar-refractivity contribution is 6.42. The Morgan fingerprint density at radius 3 is 2.40 bits per heavy atom. The molecule has 2 rings (SSSR count). The number of aliphatic hydroxyl groups excluding tert-OH is 1. The molecule has 0 spiro atoms. The highest BCUT2D eigenvalue weighted by Crippen LogP contribution is 2.22. The Morgan fingerprint density at radius 2 is 1.75 bits per heavy atom. The highest BCUT2D eigenvalue weighted by Gasteiger charge is 2.18. The van der Waals surface area contributed by atoms with Crippen molar-refractivity contribution in [2.75, 3.05) is 0 Å². The van der Waals surface area contributed by atoms with Crippen molar-refractivity contribution in [2.45, 2.75) is 25.6 Å². The number of hydrogen-bond acceptors (Lipinski definition) is 1. The summed E-state index contributed by atoms with van der Waals surface area (Å²) >= 11 is 11.9. The zero-order chi connectivity index (χ0) is 14.5. The molecule has 20 heavy (non-hydrogen) atoms. The van der Waals surface area contributed by atoms with Crippen molar-refractivity contribution < 1.29 is 10.4 Å². The number of quaternary nitrogens is 1. The second-order valence-electron chi connectivity index (χ2n) is 4.90. The average molecular weight is 311 g/mol. The molecule has 0 saturated heterocycles. The maximum absolute atomic E-state index is 10.3. The van der Waals surface area contributed by atoms with Gasteiger partial charge in [0, 0.05) is 5.56 Å². The average Bonchev–Trinajstić information content (AvgIpc) is 2.48. The number of hydrogen-bond donors (Lipinski definition) is 2. The maximum Gasteiger partial charge on any atom is 0.130 e. The minimum atomic E-state index is -0.487. The molecule has 2 aromatic rings. The second-order valence-corrected chi connectivity index (χ2v) is 5.72. The van der Waals surface area contributed by atoms with E-state index in [1.54, 1.807) is 6.07 Å². The van der Waals surface area contributed by atoms with Crippen LogP contribution in [0.2, 0.25) is 10.0 Å². The van der Waals surface area contributed by atoms with Gasteiger partial charge in [0.05, 0.1) is 10.0 Å². The number of halogens is 2. The van der Waals surface area contributed by atoms with E-state index in [1.807, 2.05) is 49.4 Å². The lowest BCUT2D eigenvalue weighted by Crippen LogP contribution is -2.88. The molecule has 2 atom stereocenters. The van der Waals surface area contributed by atoms with Crippen LogP contribution in [0.25, 0.3) is 0 Å². The Kier molecular flexibility index (Phi) is 5.44. The van der Waals surface area contributed by atoms with Gasteiger partial charge in [0.1, 0.15) is 18.7 Å². The molecule has 0 aliphatic heterocycles. The zero-order valence-corrected chi connectivity index (χ0v) is 12.8. The smallest absolute Gasteiger partial charge is 0.130 e. The Hall–Kier alpha value is -1.06. The van der Waals surface area contributed by atoms with E-state index in [4.69, 9.17) is 23.2 Å². The topological polar surface area (TPSA) is 36.8 Å². The Balaban J connectivity index is 1.94. The quantitative estimate of drug-likeness (QED) is 0.874. The van der Waals surface area contributed by atoms with Crippen LogP contribution in [0.15, 0.2) is 48.5 Å². The van der Waals surface area contributed by atoms with Crippen molar-refractivity contribution >= 4 is 23.2 Å². The van der Waals surface area contributed by atoms with Crippen LogP contribution in [-0.2, 0) is 6.54 Å². The first-order valence-corrected chi connectivity index (χ1v) is 7.34. The summed E-state index contributed by atoms with van der Waals surface area (Å²) < 4.78 is 0. The number of aliphatic hydroxyl groups is 1. The predicted octanol–water partition coefficient (Wildman–Crippen LogP) is 3.18. The first kappa shape index (κ1) is 15.3. The Morgan fingerprint density at radius 1 is 1.05 bits per heavy atom. The standard InChI is InChI=1S/C16H17Cl2NO/c1-11(16(20)13-5-3-2-4-6-13)19-10-12-7-8-14(17)15(18)9-12/h2-9,11,16,19-20H,10H2,1H3/p+1/t11-,16-/m0/s1. The maximum atomic E-state index is 10.3. The second kappa shape index (κ2) is 7.09. The van der Waals surface area contributed by atoms with Gasteiger partial charge in [-0.2, -0.15) is 0 Å². The van der Waals surface area contributed by atoms with Crippen molar-refractivity contribution in [3.63, 3.8) is 0 Å². The summed E-state index contributed by atoms with van der Waals surface area (Å²) in [5, 5.41) is 13.5. The molecule has 4 heteroatoms. The van der Waals surface area contributed by atoms with E-state index in [1.165, 1.54) is 0 Å². The van der Waals surface area contributed by atoms with E-state index in [0.29, 0.717) is 10.0 Å². The molecule has 0 aromatic heterocycles. The van der Waals surface area contributed by atoms with Gasteiger partial charge in [-0.05, 0) is 24.6 Å². The van der Waals surface area contributed by atoms with Crippen LogP contribution in [0.4, 0.5) is 0 Å². The van der Waals surface area contributed by atoms with Gasteiger partial charge in [0.25, 0.3) is 0 Å². The third-order valence-corrected chi connectivity index (χ3v) is 4.09. The summed E-state index contributed by atoms with van der Waals surface area (Å²) in [6.45, 7) is 2.76. The molecule has 0 aliphatic carbocycles. The monoisotopic (exact) mass is 310 g/mol. The fraction of sp³-hybridized carbons (Fsp3) is 0.250. The summed E-state index contributed by atoms with van der Waals surface area (Å²) in [5.41, 5.74) is 2.02. The molecule has 0 bridgehead atoms. The van der Waals surface area contributed by atoms with Crippen LogP contribution < -0.4 is 5.32 Å². The molecule has 0 saturated carbocycles. The largest absolute Gasteiger partial charge is 0.382 e. The fourth-order valence-corrected chi connectivity index (χ4v) is 2.39. The third kappa shape index (κ3) is 3.97. The summed E-state index contributed by atoms with van der Waals surface area (Å²) in [6.07, 6.45) is -0.487. The minimum Gasteiger partial charge on any atom is -0.382 e. The highest BCUT2D eigenvalue weighted by atomic mass is 35.5. The molecular formula is C16H18Cl2NO+. The molecule has 0 unspecified atom stereocenters. The zero-order valence-electron chi connectivity index (χ0n) is 11.3. The van der Waals surface area contributed by atoms with Crippen LogP contribution >= 0.6 is 23.2 Å². The normalized spacial score (nSPS) is 14.0. The van der Waals surface area contributed by atoms with Gasteiger partial charge in [-0.25, -0.2) is 0 Å². The third-order valence-electron chi connectivity index (χ3n) is 3.35. The number of rotatable bonds is 5. The molecule has 106 valence electrons. The van der Waals surface area contributed by atoms with Gasteiger partial charge < -0.3 is 10.4 Å². The van der Waals surface area contributed by atoms with Gasteiger partial charge in [-0.3, -0.25) is 0 Å². The summed E-state index contributed by atoms with van der Waals surface area (Å²) in [5.74, 6) is 0. The molecule has 2 nitrogen and oxygen atoms in total. The molecule has 0 radical (unpaired) electrons. The van der Waals surface area contributed by atoms with Gasteiger partial charge >= 0.3 is 0 Å². The van der Waals surface area contributed by atoms with Crippen LogP contribution in [0.3, 0.4) is 0 Å². The SMILES string of the molecule is C[C@H]([NH2+]Cc1ccc(Cl)c(Cl)c1)[C@H](O)c1ccccc1. The van der Waals surface area contributed by atoms with E-state index in [-0.39, 0.29) is 6.04 Å². The fourth-order valence-electron chi connectivity index (χ4n) is 2.07. The predicted molar refractivity (Wildman–Crippen MR) is 83.0 cm³/mol. The molecule has 0 heterocycles. The Labute approximate surface area is 129 Å². The lowest BCUT2D eigenvalue weighted by atomic mass is 10.0. The van der Waals surface area contributed by atoms with Gasteiger partial charge in [-0.15, -0.1) is 0 Å². The molecule has 0 amide bonds. The van der Waals surface area contributed by atoms with E-state index >= 15 is 0 Å². The first-order chi connectivity index (χ1) is 9.58. The first-order valence-electron chi connectivity index (χ1n) is 6.58. The summed E-state index contributed by atoms with van der Waals surface area (Å²) in [6, 6.07) is 15.4. The van der Waals surface area contributed by atoms with Gasteiger partial charge in [-0.1, -0.05) is 59.6 Å². The van der Waals surface area contributed by atoms with E-state index in [0.717, 1.165) is 17.7 Å². The number of nitrogens with two attached hydrogens (primary N) is 1. The molecular weight excluding hydrogens is 293 g/mol. The van der Waals surface area contributed by atoms with Crippen molar-refractivity contribution in [1.82, 2.24) is 0 Å². The molecule has 0 fully saturated rings. The summed E-state index contributed by atoms with van der Waals surface area (Å²) in [4.78, 5) is 0. The van der Waals surface area contributed by atoms with Crippen molar-refractivity contribution in [3.8, 4) is 0 Å². The lowest BCUT2D eigenvalue weighted by Gasteiger charge is -2.18.